The van der Waals surface area contributed by atoms with Crippen LogP contribution in [0.5, 0.6) is 11.5 Å². The molecule has 0 spiro atoms. The number of hydrogen-bond acceptors (Lipinski definition) is 5. The van der Waals surface area contributed by atoms with Crippen molar-refractivity contribution < 1.29 is 21.9 Å². The first-order chi connectivity index (χ1) is 19.0. The van der Waals surface area contributed by atoms with E-state index in [-0.39, 0.29) is 27.8 Å². The van der Waals surface area contributed by atoms with Crippen LogP contribution in [-0.4, -0.2) is 26.9 Å². The minimum Gasteiger partial charge on any atom is -0.454 e. The lowest BCUT2D eigenvalue weighted by Crippen LogP contribution is -2.23. The van der Waals surface area contributed by atoms with Crippen LogP contribution in [0.2, 0.25) is 0 Å². The van der Waals surface area contributed by atoms with Crippen molar-refractivity contribution in [2.24, 2.45) is 13.0 Å². The molecule has 3 heterocycles. The fourth-order valence-electron chi connectivity index (χ4n) is 4.79. The van der Waals surface area contributed by atoms with Gasteiger partial charge in [-0.05, 0) is 42.7 Å². The molecule has 0 aliphatic heterocycles. The summed E-state index contributed by atoms with van der Waals surface area (Å²) in [6.07, 6.45) is 8.32. The number of nitrogens with one attached hydrogen (secondary N) is 2. The van der Waals surface area contributed by atoms with E-state index in [0.29, 0.717) is 40.0 Å². The van der Waals surface area contributed by atoms with Crippen molar-refractivity contribution in [2.75, 3.05) is 0 Å². The van der Waals surface area contributed by atoms with Gasteiger partial charge in [-0.1, -0.05) is 19.1 Å². The first kappa shape index (κ1) is 25.6. The number of H-pyrrole nitrogens is 2. The number of rotatable bonds is 5. The molecule has 5 aromatic rings. The van der Waals surface area contributed by atoms with Gasteiger partial charge in [0.1, 0.15) is 17.1 Å². The van der Waals surface area contributed by atoms with Crippen molar-refractivity contribution in [2.45, 2.75) is 13.3 Å². The Balaban J connectivity index is 1.60. The molecule has 1 aliphatic carbocycles. The highest BCUT2D eigenvalue weighted by Crippen LogP contribution is 2.40. The molecule has 0 amide bonds. The van der Waals surface area contributed by atoms with Crippen LogP contribution in [0.4, 0.5) is 8.78 Å². The molecule has 12 heteroatoms. The van der Waals surface area contributed by atoms with E-state index < -0.39 is 32.9 Å². The Labute approximate surface area is 225 Å². The Morgan fingerprint density at radius 2 is 1.75 bits per heavy atom. The second-order valence-corrected chi connectivity index (χ2v) is 11.5. The van der Waals surface area contributed by atoms with Crippen molar-refractivity contribution in [3.05, 3.63) is 104 Å². The van der Waals surface area contributed by atoms with Gasteiger partial charge in [0, 0.05) is 48.1 Å². The van der Waals surface area contributed by atoms with Crippen LogP contribution in [0.15, 0.2) is 81.5 Å². The van der Waals surface area contributed by atoms with Crippen LogP contribution in [0.25, 0.3) is 33.1 Å². The quantitative estimate of drug-likeness (QED) is 0.315. The van der Waals surface area contributed by atoms with Gasteiger partial charge < -0.3 is 19.3 Å². The molecular weight excluding hydrogens is 542 g/mol. The maximum absolute atomic E-state index is 14.5. The van der Waals surface area contributed by atoms with Gasteiger partial charge in [-0.2, -0.15) is 0 Å². The molecule has 1 aliphatic rings. The van der Waals surface area contributed by atoms with E-state index in [1.165, 1.54) is 42.2 Å². The molecule has 0 saturated carbocycles. The van der Waals surface area contributed by atoms with Gasteiger partial charge in [-0.25, -0.2) is 26.0 Å². The normalized spacial score (nSPS) is 15.6. The molecule has 2 aromatic carbocycles. The van der Waals surface area contributed by atoms with Gasteiger partial charge in [0.15, 0.2) is 11.6 Å². The Morgan fingerprint density at radius 1 is 1.00 bits per heavy atom. The largest absolute Gasteiger partial charge is 0.454 e. The zero-order chi connectivity index (χ0) is 28.3. The Bertz CT molecular complexity index is 2130. The molecule has 0 saturated heterocycles. The average Bonchev–Trinajstić information content (AvgIpc) is 3.51. The number of pyridine rings is 1. The molecule has 2 N–H and O–H groups in total. The molecule has 40 heavy (non-hydrogen) atoms. The van der Waals surface area contributed by atoms with Crippen LogP contribution in [0.3, 0.4) is 0 Å². The maximum Gasteiger partial charge on any atom is 0.323 e. The number of ether oxygens (including phenoxy) is 1. The van der Waals surface area contributed by atoms with E-state index in [4.69, 9.17) is 4.74 Å². The van der Waals surface area contributed by atoms with E-state index >= 15 is 0 Å². The molecule has 1 atom stereocenters. The minimum absolute atomic E-state index is 0.0794. The lowest BCUT2D eigenvalue weighted by molar-refractivity contribution is 0.439. The second kappa shape index (κ2) is 9.19. The monoisotopic (exact) mass is 564 g/mol. The first-order valence-corrected chi connectivity index (χ1v) is 13.7. The van der Waals surface area contributed by atoms with Crippen LogP contribution in [-0.2, 0) is 17.1 Å². The highest BCUT2D eigenvalue weighted by Gasteiger charge is 2.26. The third-order valence-corrected chi connectivity index (χ3v) is 8.57. The fraction of sp³-hybridized carbons (Fsp3) is 0.143. The summed E-state index contributed by atoms with van der Waals surface area (Å²) in [6.45, 7) is 1.97. The topological polar surface area (TPSA) is 119 Å². The summed E-state index contributed by atoms with van der Waals surface area (Å²) in [4.78, 5) is 30.7. The van der Waals surface area contributed by atoms with E-state index in [1.54, 1.807) is 18.2 Å². The van der Waals surface area contributed by atoms with Crippen LogP contribution >= 0.6 is 0 Å². The average molecular weight is 565 g/mol. The first-order valence-electron chi connectivity index (χ1n) is 12.3. The number of aryl methyl sites for hydroxylation is 1. The molecule has 0 bridgehead atoms. The molecule has 204 valence electrons. The van der Waals surface area contributed by atoms with E-state index in [9.17, 15) is 26.8 Å². The molecule has 0 radical (unpaired) electrons. The van der Waals surface area contributed by atoms with Crippen molar-refractivity contribution in [1.29, 1.82) is 0 Å². The summed E-state index contributed by atoms with van der Waals surface area (Å²) in [6, 6.07) is 7.39. The lowest BCUT2D eigenvalue weighted by Gasteiger charge is -2.16. The summed E-state index contributed by atoms with van der Waals surface area (Å²) in [7, 11) is -2.62. The van der Waals surface area contributed by atoms with Crippen molar-refractivity contribution in [3.8, 4) is 22.6 Å². The zero-order valence-corrected chi connectivity index (χ0v) is 22.1. The summed E-state index contributed by atoms with van der Waals surface area (Å²) in [5, 5.41) is 0.294. The zero-order valence-electron chi connectivity index (χ0n) is 21.2. The minimum atomic E-state index is -4.10. The summed E-state index contributed by atoms with van der Waals surface area (Å²) in [5.41, 5.74) is 0.336. The lowest BCUT2D eigenvalue weighted by atomic mass is 10.0. The second-order valence-electron chi connectivity index (χ2n) is 9.67. The van der Waals surface area contributed by atoms with E-state index in [1.807, 2.05) is 6.92 Å². The fourth-order valence-corrected chi connectivity index (χ4v) is 6.21. The molecule has 6 rings (SSSR count). The van der Waals surface area contributed by atoms with Crippen molar-refractivity contribution in [1.82, 2.24) is 18.5 Å². The number of imidazole rings is 1. The standard InChI is InChI=1S/C28H22F2N4O5S/c1-15-3-6-17(7-4-15)40(37,38)34-10-9-18-20(14-33(2)27(35)26(18)34)19-12-22-23(32-28(36)31-22)13-25(19)39-24-8-5-16(29)11-21(24)30/h3,5-15H,4H2,1-2H3,(H2,31,32,36). The van der Waals surface area contributed by atoms with Gasteiger partial charge >= 0.3 is 5.69 Å². The summed E-state index contributed by atoms with van der Waals surface area (Å²) in [5.74, 6) is -1.73. The smallest absolute Gasteiger partial charge is 0.323 e. The summed E-state index contributed by atoms with van der Waals surface area (Å²) < 4.78 is 63.3. The molecular formula is C28H22F2N4O5S. The highest BCUT2D eigenvalue weighted by molar-refractivity contribution is 7.94. The SMILES string of the molecule is CC1C=CC(S(=O)(=O)n2ccc3c(-c4cc5[nH]c(=O)[nH]c5cc4Oc4ccc(F)cc4F)cn(C)c(=O)c32)=CC1. The molecule has 0 fully saturated rings. The number of hydrogen-bond donors (Lipinski definition) is 2. The number of halogens is 2. The Morgan fingerprint density at radius 3 is 2.45 bits per heavy atom. The maximum atomic E-state index is 14.5. The van der Waals surface area contributed by atoms with Gasteiger partial charge in [0.05, 0.1) is 15.9 Å². The van der Waals surface area contributed by atoms with Crippen LogP contribution in [0, 0.1) is 17.6 Å². The van der Waals surface area contributed by atoms with E-state index in [2.05, 4.69) is 9.97 Å². The predicted octanol–water partition coefficient (Wildman–Crippen LogP) is 4.90. The number of allylic oxidation sites excluding steroid dienone is 3. The van der Waals surface area contributed by atoms with Gasteiger partial charge in [-0.3, -0.25) is 4.79 Å². The van der Waals surface area contributed by atoms with Crippen molar-refractivity contribution >= 4 is 32.0 Å². The summed E-state index contributed by atoms with van der Waals surface area (Å²) >= 11 is 0. The third-order valence-electron chi connectivity index (χ3n) is 6.84. The highest BCUT2D eigenvalue weighted by atomic mass is 32.2. The third kappa shape index (κ3) is 4.16. The van der Waals surface area contributed by atoms with Crippen LogP contribution < -0.4 is 16.0 Å². The number of nitrogens with zero attached hydrogens (tertiary/aromatic N) is 2. The van der Waals surface area contributed by atoms with Gasteiger partial charge in [0.2, 0.25) is 0 Å². The number of fused-ring (bicyclic) bond motifs is 2. The van der Waals surface area contributed by atoms with Crippen molar-refractivity contribution in [3.63, 3.8) is 0 Å². The molecule has 9 nitrogen and oxygen atoms in total. The Kier molecular flexibility index (Phi) is 5.88. The number of aromatic amines is 2. The van der Waals surface area contributed by atoms with E-state index in [0.717, 1.165) is 16.1 Å². The van der Waals surface area contributed by atoms with Gasteiger partial charge in [-0.15, -0.1) is 0 Å². The Hall–Kier alpha value is -4.71. The van der Waals surface area contributed by atoms with Gasteiger partial charge in [0.25, 0.3) is 15.6 Å². The van der Waals surface area contributed by atoms with Crippen LogP contribution in [0.1, 0.15) is 13.3 Å². The number of aromatic nitrogens is 4. The molecule has 3 aromatic heterocycles. The molecule has 1 unspecified atom stereocenters. The predicted molar refractivity (Wildman–Crippen MR) is 147 cm³/mol. The number of benzene rings is 2.